The zero-order valence-corrected chi connectivity index (χ0v) is 16.2. The molecule has 0 N–H and O–H groups in total. The third-order valence-electron chi connectivity index (χ3n) is 4.25. The van der Waals surface area contributed by atoms with Crippen molar-refractivity contribution < 1.29 is 32.6 Å². The van der Waals surface area contributed by atoms with Crippen molar-refractivity contribution in [3.8, 4) is 16.9 Å². The van der Waals surface area contributed by atoms with Crippen LogP contribution in [0.5, 0.6) is 5.75 Å². The van der Waals surface area contributed by atoms with Crippen molar-refractivity contribution in [1.82, 2.24) is 0 Å². The Morgan fingerprint density at radius 2 is 1.90 bits per heavy atom. The van der Waals surface area contributed by atoms with E-state index in [4.69, 9.17) is 14.2 Å². The van der Waals surface area contributed by atoms with Gasteiger partial charge >= 0.3 is 5.97 Å². The summed E-state index contributed by atoms with van der Waals surface area (Å²) in [5.74, 6) is -1.72. The fourth-order valence-corrected chi connectivity index (χ4v) is 2.71. The van der Waals surface area contributed by atoms with Crippen molar-refractivity contribution >= 4 is 12.4 Å². The molecule has 0 aliphatic heterocycles. The molecule has 2 aromatic rings. The SMILES string of the molecule is C=C(C)C(=O)OCC(COC=O)Cc1ccc(-c2ccc(OC)cc2F)cc1F. The maximum Gasteiger partial charge on any atom is 0.333 e. The lowest BCUT2D eigenvalue weighted by Crippen LogP contribution is -2.21. The summed E-state index contributed by atoms with van der Waals surface area (Å²) in [6, 6.07) is 8.69. The number of carbonyl (C=O) groups is 2. The Hall–Kier alpha value is -3.22. The number of methoxy groups -OCH3 is 1. The molecule has 0 fully saturated rings. The Kier molecular flexibility index (Phi) is 7.88. The van der Waals surface area contributed by atoms with Crippen LogP contribution in [0.25, 0.3) is 11.1 Å². The molecule has 5 nitrogen and oxygen atoms in total. The van der Waals surface area contributed by atoms with Crippen molar-refractivity contribution in [1.29, 1.82) is 0 Å². The van der Waals surface area contributed by atoms with Crippen LogP contribution < -0.4 is 4.74 Å². The van der Waals surface area contributed by atoms with E-state index in [0.717, 1.165) is 0 Å². The van der Waals surface area contributed by atoms with Crippen LogP contribution in [-0.2, 0) is 25.5 Å². The van der Waals surface area contributed by atoms with Gasteiger partial charge in [0, 0.05) is 23.1 Å². The zero-order chi connectivity index (χ0) is 21.4. The van der Waals surface area contributed by atoms with Crippen LogP contribution in [0.2, 0.25) is 0 Å². The highest BCUT2D eigenvalue weighted by atomic mass is 19.1. The van der Waals surface area contributed by atoms with E-state index in [9.17, 15) is 18.4 Å². The average molecular weight is 404 g/mol. The molecule has 0 bridgehead atoms. The number of rotatable bonds is 10. The Morgan fingerprint density at radius 1 is 1.14 bits per heavy atom. The summed E-state index contributed by atoms with van der Waals surface area (Å²) >= 11 is 0. The number of halogens is 2. The molecule has 0 radical (unpaired) electrons. The number of hydrogen-bond donors (Lipinski definition) is 0. The minimum absolute atomic E-state index is 0.0404. The maximum absolute atomic E-state index is 14.6. The first-order valence-corrected chi connectivity index (χ1v) is 8.86. The van der Waals surface area contributed by atoms with Gasteiger partial charge < -0.3 is 14.2 Å². The molecule has 0 aliphatic carbocycles. The summed E-state index contributed by atoms with van der Waals surface area (Å²) in [4.78, 5) is 22.1. The molecular formula is C22H22F2O5. The molecule has 154 valence electrons. The quantitative estimate of drug-likeness (QED) is 0.339. The van der Waals surface area contributed by atoms with Gasteiger partial charge in [0.2, 0.25) is 0 Å². The van der Waals surface area contributed by atoms with Crippen molar-refractivity contribution in [3.05, 3.63) is 65.7 Å². The minimum atomic E-state index is -0.577. The van der Waals surface area contributed by atoms with Crippen LogP contribution in [0.4, 0.5) is 8.78 Å². The van der Waals surface area contributed by atoms with Crippen molar-refractivity contribution in [2.24, 2.45) is 5.92 Å². The van der Waals surface area contributed by atoms with Gasteiger partial charge in [0.1, 0.15) is 17.4 Å². The summed E-state index contributed by atoms with van der Waals surface area (Å²) in [6.07, 6.45) is 0.161. The molecule has 2 aromatic carbocycles. The van der Waals surface area contributed by atoms with E-state index < -0.39 is 23.5 Å². The Labute approximate surface area is 167 Å². The second kappa shape index (κ2) is 10.4. The van der Waals surface area contributed by atoms with Gasteiger partial charge in [-0.25, -0.2) is 13.6 Å². The molecule has 0 saturated carbocycles. The molecule has 7 heteroatoms. The smallest absolute Gasteiger partial charge is 0.333 e. The van der Waals surface area contributed by atoms with Gasteiger partial charge in [-0.2, -0.15) is 0 Å². The van der Waals surface area contributed by atoms with Crippen LogP contribution in [0, 0.1) is 17.6 Å². The molecule has 0 amide bonds. The summed E-state index contributed by atoms with van der Waals surface area (Å²) in [7, 11) is 1.43. The first-order chi connectivity index (χ1) is 13.8. The number of esters is 1. The van der Waals surface area contributed by atoms with Crippen LogP contribution in [0.1, 0.15) is 12.5 Å². The molecule has 0 heterocycles. The van der Waals surface area contributed by atoms with E-state index in [0.29, 0.717) is 16.9 Å². The van der Waals surface area contributed by atoms with E-state index in [-0.39, 0.29) is 37.2 Å². The van der Waals surface area contributed by atoms with Gasteiger partial charge in [0.25, 0.3) is 6.47 Å². The third kappa shape index (κ3) is 6.14. The predicted octanol–water partition coefficient (Wildman–Crippen LogP) is 4.09. The van der Waals surface area contributed by atoms with E-state index in [1.54, 1.807) is 12.1 Å². The summed E-state index contributed by atoms with van der Waals surface area (Å²) in [5.41, 5.74) is 1.18. The number of ether oxygens (including phenoxy) is 3. The van der Waals surface area contributed by atoms with Crippen LogP contribution in [-0.4, -0.2) is 32.8 Å². The Balaban J connectivity index is 2.17. The number of benzene rings is 2. The molecule has 1 unspecified atom stereocenters. The highest BCUT2D eigenvalue weighted by molar-refractivity contribution is 5.86. The average Bonchev–Trinajstić information content (AvgIpc) is 2.70. The van der Waals surface area contributed by atoms with E-state index in [1.165, 1.54) is 38.3 Å². The first kappa shape index (κ1) is 22.1. The van der Waals surface area contributed by atoms with Gasteiger partial charge in [-0.3, -0.25) is 4.79 Å². The standard InChI is InChI=1S/C22H22F2O5/c1-14(2)22(26)29-12-15(11-28-13-25)8-17-5-4-16(9-20(17)23)19-7-6-18(27-3)10-21(19)24/h4-7,9-10,13,15H,1,8,11-12H2,2-3H3. The van der Waals surface area contributed by atoms with Crippen molar-refractivity contribution in [2.45, 2.75) is 13.3 Å². The van der Waals surface area contributed by atoms with E-state index >= 15 is 0 Å². The highest BCUT2D eigenvalue weighted by Crippen LogP contribution is 2.28. The minimum Gasteiger partial charge on any atom is -0.497 e. The van der Waals surface area contributed by atoms with Gasteiger partial charge in [-0.05, 0) is 42.7 Å². The van der Waals surface area contributed by atoms with Crippen LogP contribution in [0.3, 0.4) is 0 Å². The summed E-state index contributed by atoms with van der Waals surface area (Å²) < 4.78 is 43.7. The Morgan fingerprint density at radius 3 is 2.48 bits per heavy atom. The van der Waals surface area contributed by atoms with E-state index in [2.05, 4.69) is 6.58 Å². The normalized spacial score (nSPS) is 11.4. The van der Waals surface area contributed by atoms with Gasteiger partial charge in [0.05, 0.1) is 20.3 Å². The largest absolute Gasteiger partial charge is 0.497 e. The second-order valence-electron chi connectivity index (χ2n) is 6.53. The lowest BCUT2D eigenvalue weighted by atomic mass is 9.97. The number of carbonyl (C=O) groups excluding carboxylic acids is 2. The lowest BCUT2D eigenvalue weighted by molar-refractivity contribution is -0.141. The third-order valence-corrected chi connectivity index (χ3v) is 4.25. The van der Waals surface area contributed by atoms with Crippen molar-refractivity contribution in [3.63, 3.8) is 0 Å². The topological polar surface area (TPSA) is 61.8 Å². The zero-order valence-electron chi connectivity index (χ0n) is 16.2. The molecule has 0 spiro atoms. The molecule has 29 heavy (non-hydrogen) atoms. The van der Waals surface area contributed by atoms with E-state index in [1.807, 2.05) is 0 Å². The second-order valence-corrected chi connectivity index (χ2v) is 6.53. The highest BCUT2D eigenvalue weighted by Gasteiger charge is 2.17. The van der Waals surface area contributed by atoms with Gasteiger partial charge in [-0.1, -0.05) is 18.7 Å². The first-order valence-electron chi connectivity index (χ1n) is 8.86. The van der Waals surface area contributed by atoms with Gasteiger partial charge in [0.15, 0.2) is 0 Å². The van der Waals surface area contributed by atoms with Crippen LogP contribution >= 0.6 is 0 Å². The molecule has 0 aliphatic rings. The fourth-order valence-electron chi connectivity index (χ4n) is 2.71. The van der Waals surface area contributed by atoms with Crippen molar-refractivity contribution in [2.75, 3.05) is 20.3 Å². The summed E-state index contributed by atoms with van der Waals surface area (Å²) in [5, 5.41) is 0. The molecule has 0 saturated heterocycles. The van der Waals surface area contributed by atoms with Crippen LogP contribution in [0.15, 0.2) is 48.6 Å². The predicted molar refractivity (Wildman–Crippen MR) is 103 cm³/mol. The lowest BCUT2D eigenvalue weighted by Gasteiger charge is -2.17. The fraction of sp³-hybridized carbons (Fsp3) is 0.273. The molecule has 1 atom stereocenters. The maximum atomic E-state index is 14.6. The molecular weight excluding hydrogens is 382 g/mol. The monoisotopic (exact) mass is 404 g/mol. The Bertz CT molecular complexity index is 895. The number of hydrogen-bond acceptors (Lipinski definition) is 5. The van der Waals surface area contributed by atoms with Gasteiger partial charge in [-0.15, -0.1) is 0 Å². The molecule has 2 rings (SSSR count). The summed E-state index contributed by atoms with van der Waals surface area (Å²) in [6.45, 7) is 5.17. The molecule has 0 aromatic heterocycles.